The lowest BCUT2D eigenvalue weighted by Gasteiger charge is -2.38. The van der Waals surface area contributed by atoms with Gasteiger partial charge in [-0.2, -0.15) is 13.2 Å². The van der Waals surface area contributed by atoms with Crippen LogP contribution in [0.3, 0.4) is 0 Å². The van der Waals surface area contributed by atoms with Crippen molar-refractivity contribution in [3.63, 3.8) is 0 Å². The van der Waals surface area contributed by atoms with Crippen LogP contribution in [0.2, 0.25) is 0 Å². The Bertz CT molecular complexity index is 1580. The lowest BCUT2D eigenvalue weighted by molar-refractivity contribution is -0.383. The number of non-ortho nitro benzene ring substituents is 1. The summed E-state index contributed by atoms with van der Waals surface area (Å²) in [5.41, 5.74) is -2.62. The number of hydrogen-bond donors (Lipinski definition) is 1. The third-order valence-electron chi connectivity index (χ3n) is 7.74. The summed E-state index contributed by atoms with van der Waals surface area (Å²) >= 11 is 0.964. The first-order chi connectivity index (χ1) is 19.4. The highest BCUT2D eigenvalue weighted by atomic mass is 32.2. The van der Waals surface area contributed by atoms with E-state index in [0.717, 1.165) is 43.6 Å². The van der Waals surface area contributed by atoms with Crippen LogP contribution in [-0.2, 0) is 16.2 Å². The second kappa shape index (κ2) is 11.7. The third-order valence-corrected chi connectivity index (χ3v) is 10.5. The van der Waals surface area contributed by atoms with E-state index in [0.29, 0.717) is 49.2 Å². The fourth-order valence-corrected chi connectivity index (χ4v) is 8.07. The minimum absolute atomic E-state index is 0.0624. The van der Waals surface area contributed by atoms with Crippen LogP contribution in [0.4, 0.5) is 23.9 Å². The van der Waals surface area contributed by atoms with Crippen LogP contribution >= 0.6 is 11.3 Å². The number of sulfonamides is 1. The van der Waals surface area contributed by atoms with E-state index in [1.807, 2.05) is 4.90 Å². The predicted molar refractivity (Wildman–Crippen MR) is 151 cm³/mol. The number of nitro groups is 1. The van der Waals surface area contributed by atoms with Gasteiger partial charge in [0.2, 0.25) is 10.0 Å². The van der Waals surface area contributed by atoms with Gasteiger partial charge in [0.25, 0.3) is 5.69 Å². The first kappa shape index (κ1) is 29.4. The van der Waals surface area contributed by atoms with E-state index >= 15 is 0 Å². The number of nitrogens with one attached hydrogen (secondary N) is 1. The summed E-state index contributed by atoms with van der Waals surface area (Å²) in [5.74, 6) is 0.432. The van der Waals surface area contributed by atoms with Gasteiger partial charge in [0.15, 0.2) is 5.43 Å². The molecular weight excluding hydrogens is 581 g/mol. The van der Waals surface area contributed by atoms with Crippen molar-refractivity contribution in [1.29, 1.82) is 0 Å². The average molecular weight is 611 g/mol. The number of rotatable bonds is 7. The van der Waals surface area contributed by atoms with Crippen molar-refractivity contribution in [2.24, 2.45) is 5.92 Å². The van der Waals surface area contributed by atoms with Gasteiger partial charge < -0.3 is 4.90 Å². The number of halogens is 3. The Labute approximate surface area is 238 Å². The Kier molecular flexibility index (Phi) is 8.37. The van der Waals surface area contributed by atoms with Crippen molar-refractivity contribution in [3.8, 4) is 0 Å². The second-order valence-electron chi connectivity index (χ2n) is 10.5. The Morgan fingerprint density at radius 3 is 2.27 bits per heavy atom. The van der Waals surface area contributed by atoms with Gasteiger partial charge in [0.1, 0.15) is 4.70 Å². The summed E-state index contributed by atoms with van der Waals surface area (Å²) in [6.45, 7) is 3.42. The van der Waals surface area contributed by atoms with Gasteiger partial charge in [-0.25, -0.2) is 13.1 Å². The molecule has 3 aromatic rings. The Morgan fingerprint density at radius 1 is 1.00 bits per heavy atom. The maximum Gasteiger partial charge on any atom is 0.416 e. The summed E-state index contributed by atoms with van der Waals surface area (Å²) in [4.78, 5) is 28.0. The molecule has 0 amide bonds. The molecule has 1 aliphatic heterocycles. The highest BCUT2D eigenvalue weighted by Crippen LogP contribution is 2.39. The molecule has 0 bridgehead atoms. The minimum atomic E-state index is -4.80. The van der Waals surface area contributed by atoms with Crippen molar-refractivity contribution < 1.29 is 26.5 Å². The number of anilines is 1. The zero-order chi connectivity index (χ0) is 29.4. The quantitative estimate of drug-likeness (QED) is 0.301. The van der Waals surface area contributed by atoms with E-state index in [2.05, 4.69) is 9.62 Å². The molecule has 41 heavy (non-hydrogen) atoms. The lowest BCUT2D eigenvalue weighted by atomic mass is 9.86. The largest absolute Gasteiger partial charge is 0.416 e. The minimum Gasteiger partial charge on any atom is -0.361 e. The number of alkyl halides is 3. The maximum atomic E-state index is 13.3. The van der Waals surface area contributed by atoms with Gasteiger partial charge in [-0.1, -0.05) is 18.2 Å². The van der Waals surface area contributed by atoms with Crippen LogP contribution in [0.1, 0.15) is 31.2 Å². The number of nitro benzene ring substituents is 1. The number of fused-ring (bicyclic) bond motifs is 1. The summed E-state index contributed by atoms with van der Waals surface area (Å²) in [5, 5.41) is 11.8. The monoisotopic (exact) mass is 610 g/mol. The van der Waals surface area contributed by atoms with Crippen LogP contribution in [0.5, 0.6) is 0 Å². The molecule has 2 aliphatic rings. The number of nitrogens with zero attached hydrogens (tertiary/aromatic N) is 3. The van der Waals surface area contributed by atoms with Gasteiger partial charge in [-0.15, -0.1) is 11.3 Å². The van der Waals surface area contributed by atoms with Crippen molar-refractivity contribution in [2.45, 2.75) is 42.8 Å². The third kappa shape index (κ3) is 6.71. The molecule has 9 nitrogen and oxygen atoms in total. The Hall–Kier alpha value is -3.07. The van der Waals surface area contributed by atoms with E-state index in [-0.39, 0.29) is 21.0 Å². The molecule has 2 fully saturated rings. The van der Waals surface area contributed by atoms with E-state index in [1.165, 1.54) is 6.07 Å². The van der Waals surface area contributed by atoms with Gasteiger partial charge >= 0.3 is 6.18 Å². The fraction of sp³-hybridized carbons (Fsp3) is 0.444. The number of hydrogen-bond acceptors (Lipinski definition) is 8. The predicted octanol–water partition coefficient (Wildman–Crippen LogP) is 4.85. The molecule has 2 heterocycles. The van der Waals surface area contributed by atoms with Crippen LogP contribution in [-0.4, -0.2) is 57.0 Å². The second-order valence-corrected chi connectivity index (χ2v) is 13.3. The highest BCUT2D eigenvalue weighted by Gasteiger charge is 2.34. The first-order valence-corrected chi connectivity index (χ1v) is 15.6. The van der Waals surface area contributed by atoms with E-state index < -0.39 is 37.8 Å². The normalized spacial score (nSPS) is 20.8. The molecule has 220 valence electrons. The molecule has 0 spiro atoms. The van der Waals surface area contributed by atoms with Gasteiger partial charge in [0.05, 0.1) is 20.4 Å². The average Bonchev–Trinajstić information content (AvgIpc) is 2.94. The topological polar surface area (TPSA) is 113 Å². The van der Waals surface area contributed by atoms with Crippen LogP contribution in [0.25, 0.3) is 10.1 Å². The molecule has 1 N–H and O–H groups in total. The molecular formula is C27H29F3N4O5S2. The van der Waals surface area contributed by atoms with Crippen LogP contribution in [0, 0.1) is 16.0 Å². The van der Waals surface area contributed by atoms with Gasteiger partial charge in [0, 0.05) is 56.3 Å². The molecule has 0 radical (unpaired) electrons. The molecule has 1 saturated carbocycles. The molecule has 1 aliphatic carbocycles. The standard InChI is InChI=1S/C27H29F3N4O5S2/c28-27(29,30)19-14-22-24(35)16-25(40-26(22)23(15-19)34(36)37)33-12-10-32(11-13-33)17-18-6-8-20(9-7-18)31-41(38,39)21-4-2-1-3-5-21/h1-5,14-16,18,20,31H,6-13,17H2. The van der Waals surface area contributed by atoms with Crippen molar-refractivity contribution >= 4 is 42.1 Å². The molecule has 2 aromatic carbocycles. The Morgan fingerprint density at radius 2 is 1.66 bits per heavy atom. The van der Waals surface area contributed by atoms with Gasteiger partial charge in [-0.05, 0) is 49.8 Å². The highest BCUT2D eigenvalue weighted by molar-refractivity contribution is 7.89. The molecule has 14 heteroatoms. The zero-order valence-electron chi connectivity index (χ0n) is 22.0. The molecule has 0 unspecified atom stereocenters. The van der Waals surface area contributed by atoms with Crippen molar-refractivity contribution in [3.05, 3.63) is 74.4 Å². The Balaban J connectivity index is 1.18. The number of benzene rings is 2. The fourth-order valence-electron chi connectivity index (χ4n) is 5.55. The van der Waals surface area contributed by atoms with E-state index in [9.17, 15) is 36.5 Å². The summed E-state index contributed by atoms with van der Waals surface area (Å²) in [7, 11) is -3.54. The van der Waals surface area contributed by atoms with Crippen molar-refractivity contribution in [1.82, 2.24) is 9.62 Å². The van der Waals surface area contributed by atoms with Crippen LogP contribution in [0.15, 0.2) is 58.2 Å². The lowest BCUT2D eigenvalue weighted by Crippen LogP contribution is -2.48. The SMILES string of the molecule is O=c1cc(N2CCN(CC3CCC(NS(=O)(=O)c4ccccc4)CC3)CC2)sc2c([N+](=O)[O-])cc(C(F)(F)F)cc12. The first-order valence-electron chi connectivity index (χ1n) is 13.3. The van der Waals surface area contributed by atoms with E-state index in [4.69, 9.17) is 0 Å². The summed E-state index contributed by atoms with van der Waals surface area (Å²) in [6, 6.07) is 10.7. The van der Waals surface area contributed by atoms with Crippen molar-refractivity contribution in [2.75, 3.05) is 37.6 Å². The van der Waals surface area contributed by atoms with E-state index in [1.54, 1.807) is 30.3 Å². The molecule has 5 rings (SSSR count). The summed E-state index contributed by atoms with van der Waals surface area (Å²) in [6.07, 6.45) is -1.48. The molecule has 1 saturated heterocycles. The molecule has 0 atom stereocenters. The van der Waals surface area contributed by atoms with Gasteiger partial charge in [-0.3, -0.25) is 19.8 Å². The maximum absolute atomic E-state index is 13.3. The smallest absolute Gasteiger partial charge is 0.361 e. The molecule has 1 aromatic heterocycles. The number of piperazine rings is 1. The van der Waals surface area contributed by atoms with Crippen LogP contribution < -0.4 is 15.1 Å². The zero-order valence-corrected chi connectivity index (χ0v) is 23.6. The summed E-state index contributed by atoms with van der Waals surface area (Å²) < 4.78 is 67.8.